The molecule has 112 valence electrons. The van der Waals surface area contributed by atoms with Gasteiger partial charge >= 0.3 is 0 Å². The molecular weight excluding hydrogens is 282 g/mol. The lowest BCUT2D eigenvalue weighted by Crippen LogP contribution is -2.32. The minimum Gasteiger partial charge on any atom is -0.355 e. The van der Waals surface area contributed by atoms with Crippen molar-refractivity contribution in [3.05, 3.63) is 54.6 Å². The van der Waals surface area contributed by atoms with Crippen molar-refractivity contribution < 1.29 is 4.79 Å². The van der Waals surface area contributed by atoms with Gasteiger partial charge in [-0.2, -0.15) is 0 Å². The van der Waals surface area contributed by atoms with E-state index in [1.165, 1.54) is 5.56 Å². The number of aryl methyl sites for hydroxylation is 1. The maximum absolute atomic E-state index is 12.0. The topological polar surface area (TPSA) is 46.9 Å². The van der Waals surface area contributed by atoms with Crippen molar-refractivity contribution in [1.82, 2.24) is 14.9 Å². The van der Waals surface area contributed by atoms with Crippen molar-refractivity contribution in [2.24, 2.45) is 0 Å². The second-order valence-corrected chi connectivity index (χ2v) is 6.21. The lowest BCUT2D eigenvalue weighted by atomic mass is 10.2. The van der Waals surface area contributed by atoms with Crippen molar-refractivity contribution in [2.45, 2.75) is 30.9 Å². The van der Waals surface area contributed by atoms with Crippen LogP contribution in [0.4, 0.5) is 0 Å². The molecule has 1 N–H and O–H groups in total. The molecule has 1 amide bonds. The molecule has 0 saturated heterocycles. The molecular formula is C16H21N3OS. The van der Waals surface area contributed by atoms with Gasteiger partial charge < -0.3 is 9.88 Å². The van der Waals surface area contributed by atoms with Crippen molar-refractivity contribution in [3.63, 3.8) is 0 Å². The van der Waals surface area contributed by atoms with Crippen molar-refractivity contribution in [2.75, 3.05) is 6.54 Å². The zero-order chi connectivity index (χ0) is 14.9. The molecule has 0 bridgehead atoms. The average Bonchev–Trinajstić information content (AvgIpc) is 3.03. The fourth-order valence-electron chi connectivity index (χ4n) is 1.91. The highest BCUT2D eigenvalue weighted by molar-refractivity contribution is 7.99. The van der Waals surface area contributed by atoms with Gasteiger partial charge in [-0.05, 0) is 18.9 Å². The maximum Gasteiger partial charge on any atom is 0.232 e. The number of aromatic nitrogens is 2. The Morgan fingerprint density at radius 2 is 2.19 bits per heavy atom. The van der Waals surface area contributed by atoms with Gasteiger partial charge in [-0.25, -0.2) is 4.98 Å². The third-order valence-corrected chi connectivity index (χ3v) is 4.38. The molecule has 1 heterocycles. The molecule has 1 aromatic heterocycles. The summed E-state index contributed by atoms with van der Waals surface area (Å²) < 4.78 is 2.01. The van der Waals surface area contributed by atoms with Crippen LogP contribution in [-0.4, -0.2) is 27.3 Å². The molecule has 21 heavy (non-hydrogen) atoms. The van der Waals surface area contributed by atoms with Crippen LogP contribution in [0.15, 0.2) is 49.1 Å². The Bertz CT molecular complexity index is 528. The van der Waals surface area contributed by atoms with Gasteiger partial charge in [-0.1, -0.05) is 30.3 Å². The van der Waals surface area contributed by atoms with Crippen LogP contribution in [0.2, 0.25) is 0 Å². The zero-order valence-corrected chi connectivity index (χ0v) is 13.1. The van der Waals surface area contributed by atoms with E-state index >= 15 is 0 Å². The number of rotatable bonds is 8. The van der Waals surface area contributed by atoms with Gasteiger partial charge in [-0.15, -0.1) is 11.8 Å². The SMILES string of the molecule is C[C@H](SCc1ccccc1)C(=O)NCCCn1ccnc1. The van der Waals surface area contributed by atoms with Crippen LogP contribution in [0.3, 0.4) is 0 Å². The van der Waals surface area contributed by atoms with Gasteiger partial charge in [0, 0.05) is 31.2 Å². The molecule has 0 unspecified atom stereocenters. The van der Waals surface area contributed by atoms with Crippen LogP contribution in [0.5, 0.6) is 0 Å². The molecule has 0 saturated carbocycles. The summed E-state index contributed by atoms with van der Waals surface area (Å²) in [7, 11) is 0. The van der Waals surface area contributed by atoms with E-state index in [0.29, 0.717) is 6.54 Å². The Balaban J connectivity index is 1.61. The van der Waals surface area contributed by atoms with Gasteiger partial charge in [0.05, 0.1) is 11.6 Å². The van der Waals surface area contributed by atoms with Crippen molar-refractivity contribution in [1.29, 1.82) is 0 Å². The standard InChI is InChI=1S/C16H21N3OS/c1-14(21-12-15-6-3-2-4-7-15)16(20)18-8-5-10-19-11-9-17-13-19/h2-4,6-7,9,11,13-14H,5,8,10,12H2,1H3,(H,18,20)/t14-/m0/s1. The molecule has 1 aromatic carbocycles. The molecule has 4 nitrogen and oxygen atoms in total. The van der Waals surface area contributed by atoms with E-state index in [2.05, 4.69) is 22.4 Å². The summed E-state index contributed by atoms with van der Waals surface area (Å²) in [5.74, 6) is 0.978. The Morgan fingerprint density at radius 1 is 1.38 bits per heavy atom. The van der Waals surface area contributed by atoms with Crippen LogP contribution < -0.4 is 5.32 Å². The van der Waals surface area contributed by atoms with Crippen molar-refractivity contribution in [3.8, 4) is 0 Å². The van der Waals surface area contributed by atoms with E-state index in [1.807, 2.05) is 35.9 Å². The number of nitrogens with zero attached hydrogens (tertiary/aromatic N) is 2. The zero-order valence-electron chi connectivity index (χ0n) is 12.2. The Kier molecular flexibility index (Phi) is 6.34. The molecule has 2 aromatic rings. The largest absolute Gasteiger partial charge is 0.355 e. The highest BCUT2D eigenvalue weighted by Crippen LogP contribution is 2.17. The Hall–Kier alpha value is -1.75. The van der Waals surface area contributed by atoms with Crippen LogP contribution in [0, 0.1) is 0 Å². The molecule has 0 aliphatic heterocycles. The Labute approximate surface area is 130 Å². The van der Waals surface area contributed by atoms with Gasteiger partial charge in [0.25, 0.3) is 0 Å². The minimum absolute atomic E-state index is 0.0292. The first-order valence-electron chi connectivity index (χ1n) is 7.14. The van der Waals surface area contributed by atoms with E-state index in [1.54, 1.807) is 24.3 Å². The number of amides is 1. The minimum atomic E-state index is -0.0292. The fraction of sp³-hybridized carbons (Fsp3) is 0.375. The second-order valence-electron chi connectivity index (χ2n) is 4.88. The number of imidazole rings is 1. The van der Waals surface area contributed by atoms with E-state index in [-0.39, 0.29) is 11.2 Å². The van der Waals surface area contributed by atoms with Gasteiger partial charge in [0.2, 0.25) is 5.91 Å². The van der Waals surface area contributed by atoms with E-state index < -0.39 is 0 Å². The number of benzene rings is 1. The number of nitrogens with one attached hydrogen (secondary N) is 1. The first-order chi connectivity index (χ1) is 10.3. The summed E-state index contributed by atoms with van der Waals surface area (Å²) in [6, 6.07) is 10.2. The maximum atomic E-state index is 12.0. The summed E-state index contributed by atoms with van der Waals surface area (Å²) in [5.41, 5.74) is 1.25. The third kappa shape index (κ3) is 5.63. The molecule has 0 radical (unpaired) electrons. The summed E-state index contributed by atoms with van der Waals surface area (Å²) >= 11 is 1.67. The lowest BCUT2D eigenvalue weighted by molar-refractivity contribution is -0.120. The highest BCUT2D eigenvalue weighted by atomic mass is 32.2. The van der Waals surface area contributed by atoms with Gasteiger partial charge in [0.15, 0.2) is 0 Å². The average molecular weight is 303 g/mol. The first-order valence-corrected chi connectivity index (χ1v) is 8.19. The second kappa shape index (κ2) is 8.52. The molecule has 0 aliphatic rings. The van der Waals surface area contributed by atoms with E-state index in [0.717, 1.165) is 18.7 Å². The first kappa shape index (κ1) is 15.6. The molecule has 1 atom stereocenters. The number of carbonyl (C=O) groups is 1. The molecule has 0 fully saturated rings. The molecule has 2 rings (SSSR count). The lowest BCUT2D eigenvalue weighted by Gasteiger charge is -2.12. The summed E-state index contributed by atoms with van der Waals surface area (Å²) in [6.07, 6.45) is 6.40. The van der Waals surface area contributed by atoms with Crippen LogP contribution in [-0.2, 0) is 17.1 Å². The normalized spacial score (nSPS) is 12.0. The number of thioether (sulfide) groups is 1. The van der Waals surface area contributed by atoms with Crippen LogP contribution in [0.25, 0.3) is 0 Å². The van der Waals surface area contributed by atoms with Crippen molar-refractivity contribution >= 4 is 17.7 Å². The quantitative estimate of drug-likeness (QED) is 0.763. The van der Waals surface area contributed by atoms with Crippen LogP contribution in [0.1, 0.15) is 18.9 Å². The van der Waals surface area contributed by atoms with Crippen LogP contribution >= 0.6 is 11.8 Å². The van der Waals surface area contributed by atoms with Gasteiger partial charge in [0.1, 0.15) is 0 Å². The Morgan fingerprint density at radius 3 is 2.90 bits per heavy atom. The molecule has 5 heteroatoms. The predicted molar refractivity (Wildman–Crippen MR) is 87.1 cm³/mol. The smallest absolute Gasteiger partial charge is 0.232 e. The number of hydrogen-bond acceptors (Lipinski definition) is 3. The molecule has 0 aliphatic carbocycles. The summed E-state index contributed by atoms with van der Waals surface area (Å²) in [4.78, 5) is 16.0. The highest BCUT2D eigenvalue weighted by Gasteiger charge is 2.12. The number of carbonyl (C=O) groups excluding carboxylic acids is 1. The monoisotopic (exact) mass is 303 g/mol. The molecule has 0 spiro atoms. The summed E-state index contributed by atoms with van der Waals surface area (Å²) in [6.45, 7) is 3.54. The number of hydrogen-bond donors (Lipinski definition) is 1. The van der Waals surface area contributed by atoms with E-state index in [4.69, 9.17) is 0 Å². The van der Waals surface area contributed by atoms with Gasteiger partial charge in [-0.3, -0.25) is 4.79 Å². The fourth-order valence-corrected chi connectivity index (χ4v) is 2.78. The van der Waals surface area contributed by atoms with E-state index in [9.17, 15) is 4.79 Å². The predicted octanol–water partition coefficient (Wildman–Crippen LogP) is 2.71. The summed E-state index contributed by atoms with van der Waals surface area (Å²) in [5, 5.41) is 2.96. The third-order valence-electron chi connectivity index (χ3n) is 3.16.